The van der Waals surface area contributed by atoms with Crippen molar-refractivity contribution in [2.24, 2.45) is 5.92 Å². The lowest BCUT2D eigenvalue weighted by Gasteiger charge is -2.26. The molecular formula is C18H27ClN2. The smallest absolute Gasteiger partial charge is 0.0471 e. The summed E-state index contributed by atoms with van der Waals surface area (Å²) in [5.41, 5.74) is 2.53. The Balaban J connectivity index is 1.65. The summed E-state index contributed by atoms with van der Waals surface area (Å²) in [5, 5.41) is 4.45. The van der Waals surface area contributed by atoms with E-state index in [0.29, 0.717) is 0 Å². The van der Waals surface area contributed by atoms with Crippen LogP contribution in [0.15, 0.2) is 18.2 Å². The molecule has 1 N–H and O–H groups in total. The minimum atomic E-state index is 0.731. The molecule has 3 heteroatoms. The summed E-state index contributed by atoms with van der Waals surface area (Å²) in [5.74, 6) is 0.753. The number of rotatable bonds is 8. The highest BCUT2D eigenvalue weighted by molar-refractivity contribution is 6.31. The molecule has 3 rings (SSSR count). The predicted octanol–water partition coefficient (Wildman–Crippen LogP) is 4.61. The van der Waals surface area contributed by atoms with Gasteiger partial charge in [0.1, 0.15) is 0 Å². The summed E-state index contributed by atoms with van der Waals surface area (Å²) in [4.78, 5) is 2.56. The second-order valence-electron chi connectivity index (χ2n) is 7.04. The van der Waals surface area contributed by atoms with Gasteiger partial charge in [0.2, 0.25) is 0 Å². The van der Waals surface area contributed by atoms with Crippen LogP contribution in [0.3, 0.4) is 0 Å². The minimum absolute atomic E-state index is 0.731. The SMILES string of the molecule is CC(C)CCN(c1ccc(CNC2CC2)c(Cl)c1)C1CC1. The summed E-state index contributed by atoms with van der Waals surface area (Å²) < 4.78 is 0. The van der Waals surface area contributed by atoms with Crippen LogP contribution in [-0.4, -0.2) is 18.6 Å². The molecule has 0 saturated heterocycles. The Morgan fingerprint density at radius 3 is 2.57 bits per heavy atom. The van der Waals surface area contributed by atoms with Crippen molar-refractivity contribution in [1.82, 2.24) is 5.32 Å². The van der Waals surface area contributed by atoms with Gasteiger partial charge in [-0.1, -0.05) is 31.5 Å². The van der Waals surface area contributed by atoms with Gasteiger partial charge >= 0.3 is 0 Å². The van der Waals surface area contributed by atoms with Crippen molar-refractivity contribution in [2.75, 3.05) is 11.4 Å². The zero-order valence-corrected chi connectivity index (χ0v) is 14.0. The number of nitrogens with zero attached hydrogens (tertiary/aromatic N) is 1. The molecule has 1 aromatic rings. The van der Waals surface area contributed by atoms with Crippen molar-refractivity contribution >= 4 is 17.3 Å². The van der Waals surface area contributed by atoms with Gasteiger partial charge in [0.15, 0.2) is 0 Å². The van der Waals surface area contributed by atoms with Crippen molar-refractivity contribution in [3.05, 3.63) is 28.8 Å². The second kappa shape index (κ2) is 6.58. The van der Waals surface area contributed by atoms with Crippen LogP contribution in [0.5, 0.6) is 0 Å². The van der Waals surface area contributed by atoms with Gasteiger partial charge in [0.05, 0.1) is 0 Å². The van der Waals surface area contributed by atoms with Gasteiger partial charge in [-0.15, -0.1) is 0 Å². The number of anilines is 1. The summed E-state index contributed by atoms with van der Waals surface area (Å²) in [6, 6.07) is 8.11. The molecule has 0 unspecified atom stereocenters. The zero-order chi connectivity index (χ0) is 14.8. The fourth-order valence-corrected chi connectivity index (χ4v) is 2.95. The molecule has 0 bridgehead atoms. The molecular weight excluding hydrogens is 280 g/mol. The fraction of sp³-hybridized carbons (Fsp3) is 0.667. The highest BCUT2D eigenvalue weighted by Crippen LogP contribution is 2.34. The number of hydrogen-bond acceptors (Lipinski definition) is 2. The number of nitrogens with one attached hydrogen (secondary N) is 1. The first-order chi connectivity index (χ1) is 10.1. The van der Waals surface area contributed by atoms with Crippen LogP contribution in [-0.2, 0) is 6.54 Å². The van der Waals surface area contributed by atoms with Crippen molar-refractivity contribution in [3.8, 4) is 0 Å². The summed E-state index contributed by atoms with van der Waals surface area (Å²) >= 11 is 6.50. The fourth-order valence-electron chi connectivity index (χ4n) is 2.71. The third-order valence-electron chi connectivity index (χ3n) is 4.46. The van der Waals surface area contributed by atoms with Crippen molar-refractivity contribution < 1.29 is 0 Å². The van der Waals surface area contributed by atoms with E-state index < -0.39 is 0 Å². The molecule has 2 aliphatic rings. The first-order valence-electron chi connectivity index (χ1n) is 8.42. The molecule has 2 fully saturated rings. The van der Waals surface area contributed by atoms with Crippen LogP contribution in [0.1, 0.15) is 51.5 Å². The van der Waals surface area contributed by atoms with E-state index >= 15 is 0 Å². The maximum absolute atomic E-state index is 6.50. The molecule has 0 spiro atoms. The van der Waals surface area contributed by atoms with Crippen LogP contribution in [0.4, 0.5) is 5.69 Å². The Kier molecular flexibility index (Phi) is 4.75. The Bertz CT molecular complexity index is 478. The minimum Gasteiger partial charge on any atom is -0.368 e. The Morgan fingerprint density at radius 2 is 2.00 bits per heavy atom. The van der Waals surface area contributed by atoms with E-state index in [4.69, 9.17) is 11.6 Å². The average molecular weight is 307 g/mol. The quantitative estimate of drug-likeness (QED) is 0.754. The molecule has 116 valence electrons. The first kappa shape index (κ1) is 15.2. The number of hydrogen-bond donors (Lipinski definition) is 1. The highest BCUT2D eigenvalue weighted by atomic mass is 35.5. The summed E-state index contributed by atoms with van der Waals surface area (Å²) in [7, 11) is 0. The van der Waals surface area contributed by atoms with E-state index in [0.717, 1.165) is 36.1 Å². The molecule has 2 aliphatic carbocycles. The second-order valence-corrected chi connectivity index (χ2v) is 7.45. The monoisotopic (exact) mass is 306 g/mol. The molecule has 0 heterocycles. The zero-order valence-electron chi connectivity index (χ0n) is 13.2. The highest BCUT2D eigenvalue weighted by Gasteiger charge is 2.29. The average Bonchev–Trinajstić information content (AvgIpc) is 3.31. The van der Waals surface area contributed by atoms with Crippen LogP contribution in [0, 0.1) is 5.92 Å². The van der Waals surface area contributed by atoms with Gasteiger partial charge in [0.25, 0.3) is 0 Å². The van der Waals surface area contributed by atoms with Gasteiger partial charge in [-0.05, 0) is 55.7 Å². The molecule has 1 aromatic carbocycles. The lowest BCUT2D eigenvalue weighted by molar-refractivity contribution is 0.570. The van der Waals surface area contributed by atoms with E-state index in [-0.39, 0.29) is 0 Å². The molecule has 0 amide bonds. The lowest BCUT2D eigenvalue weighted by atomic mass is 10.1. The first-order valence-corrected chi connectivity index (χ1v) is 8.79. The maximum atomic E-state index is 6.50. The molecule has 0 aromatic heterocycles. The van der Waals surface area contributed by atoms with Crippen molar-refractivity contribution in [3.63, 3.8) is 0 Å². The normalized spacial score (nSPS) is 18.3. The molecule has 0 atom stereocenters. The summed E-state index contributed by atoms with van der Waals surface area (Å²) in [6.45, 7) is 6.65. The Labute approximate surface area is 133 Å². The van der Waals surface area contributed by atoms with E-state index in [1.807, 2.05) is 0 Å². The van der Waals surface area contributed by atoms with Gasteiger partial charge in [0, 0.05) is 35.9 Å². The molecule has 0 radical (unpaired) electrons. The van der Waals surface area contributed by atoms with E-state index in [1.165, 1.54) is 43.4 Å². The van der Waals surface area contributed by atoms with Crippen molar-refractivity contribution in [1.29, 1.82) is 0 Å². The van der Waals surface area contributed by atoms with Crippen LogP contribution < -0.4 is 10.2 Å². The largest absolute Gasteiger partial charge is 0.368 e. The molecule has 2 nitrogen and oxygen atoms in total. The van der Waals surface area contributed by atoms with Gasteiger partial charge in [-0.3, -0.25) is 0 Å². The van der Waals surface area contributed by atoms with E-state index in [9.17, 15) is 0 Å². The van der Waals surface area contributed by atoms with Crippen LogP contribution in [0.25, 0.3) is 0 Å². The van der Waals surface area contributed by atoms with Crippen LogP contribution >= 0.6 is 11.6 Å². The third-order valence-corrected chi connectivity index (χ3v) is 4.81. The number of halogens is 1. The summed E-state index contributed by atoms with van der Waals surface area (Å²) in [6.07, 6.45) is 6.56. The standard InChI is InChI=1S/C18H27ClN2/c1-13(2)9-10-21(16-7-8-16)17-6-3-14(18(19)11-17)12-20-15-4-5-15/h3,6,11,13,15-16,20H,4-5,7-10,12H2,1-2H3. The maximum Gasteiger partial charge on any atom is 0.0471 e. The molecule has 21 heavy (non-hydrogen) atoms. The Morgan fingerprint density at radius 1 is 1.24 bits per heavy atom. The molecule has 0 aliphatic heterocycles. The van der Waals surface area contributed by atoms with Gasteiger partial charge in [-0.25, -0.2) is 0 Å². The topological polar surface area (TPSA) is 15.3 Å². The van der Waals surface area contributed by atoms with E-state index in [2.05, 4.69) is 42.3 Å². The Hall–Kier alpha value is -0.730. The third kappa shape index (κ3) is 4.37. The van der Waals surface area contributed by atoms with Crippen molar-refractivity contribution in [2.45, 2.75) is 64.6 Å². The van der Waals surface area contributed by atoms with Gasteiger partial charge < -0.3 is 10.2 Å². The predicted molar refractivity (Wildman–Crippen MR) is 91.1 cm³/mol. The lowest BCUT2D eigenvalue weighted by Crippen LogP contribution is -2.27. The number of benzene rings is 1. The van der Waals surface area contributed by atoms with E-state index in [1.54, 1.807) is 0 Å². The molecule has 2 saturated carbocycles. The van der Waals surface area contributed by atoms with Crippen LogP contribution in [0.2, 0.25) is 5.02 Å². The van der Waals surface area contributed by atoms with Gasteiger partial charge in [-0.2, -0.15) is 0 Å².